The van der Waals surface area contributed by atoms with Gasteiger partial charge < -0.3 is 10.6 Å². The molecule has 0 saturated carbocycles. The summed E-state index contributed by atoms with van der Waals surface area (Å²) in [5, 5.41) is 6.97. The van der Waals surface area contributed by atoms with Crippen molar-refractivity contribution in [1.29, 1.82) is 0 Å². The van der Waals surface area contributed by atoms with Crippen molar-refractivity contribution in [3.8, 4) is 0 Å². The Balaban J connectivity index is 1.65. The summed E-state index contributed by atoms with van der Waals surface area (Å²) in [4.78, 5) is 38.7. The van der Waals surface area contributed by atoms with Crippen LogP contribution in [0.5, 0.6) is 0 Å². The zero-order valence-corrected chi connectivity index (χ0v) is 20.7. The minimum atomic E-state index is -0.961. The number of nitrogens with one attached hydrogen (secondary N) is 3. The summed E-state index contributed by atoms with van der Waals surface area (Å²) >= 11 is 12.2. The van der Waals surface area contributed by atoms with Gasteiger partial charge in [0.15, 0.2) is 0 Å². The molecular formula is C26H22Cl2N4O3. The molecule has 0 saturated heterocycles. The van der Waals surface area contributed by atoms with E-state index in [0.717, 1.165) is 11.1 Å². The molecule has 1 heterocycles. The van der Waals surface area contributed by atoms with Gasteiger partial charge in [-0.1, -0.05) is 47.0 Å². The van der Waals surface area contributed by atoms with E-state index in [4.69, 9.17) is 23.2 Å². The van der Waals surface area contributed by atoms with E-state index in [9.17, 15) is 14.4 Å². The van der Waals surface area contributed by atoms with Crippen LogP contribution in [0.15, 0.2) is 60.7 Å². The van der Waals surface area contributed by atoms with Gasteiger partial charge in [0.1, 0.15) is 5.69 Å². The van der Waals surface area contributed by atoms with Gasteiger partial charge in [0.25, 0.3) is 5.91 Å². The third-order valence-electron chi connectivity index (χ3n) is 5.56. The van der Waals surface area contributed by atoms with E-state index in [0.29, 0.717) is 37.9 Å². The second kappa shape index (κ2) is 9.82. The van der Waals surface area contributed by atoms with Crippen molar-refractivity contribution in [3.05, 3.63) is 93.1 Å². The van der Waals surface area contributed by atoms with Gasteiger partial charge in [-0.3, -0.25) is 19.8 Å². The average Bonchev–Trinajstić information content (AvgIpc) is 3.16. The largest absolute Gasteiger partial charge is 0.328 e. The van der Waals surface area contributed by atoms with Gasteiger partial charge in [-0.2, -0.15) is 0 Å². The van der Waals surface area contributed by atoms with Crippen LogP contribution in [0.25, 0.3) is 10.9 Å². The van der Waals surface area contributed by atoms with Gasteiger partial charge in [-0.05, 0) is 74.4 Å². The minimum Gasteiger partial charge on any atom is -0.320 e. The van der Waals surface area contributed by atoms with E-state index in [2.05, 4.69) is 16.1 Å². The number of benzene rings is 3. The molecule has 4 rings (SSSR count). The molecule has 0 aliphatic carbocycles. The van der Waals surface area contributed by atoms with Gasteiger partial charge in [0, 0.05) is 26.8 Å². The highest BCUT2D eigenvalue weighted by molar-refractivity contribution is 6.43. The number of fused-ring (bicyclic) bond motifs is 1. The lowest BCUT2D eigenvalue weighted by molar-refractivity contribution is -0.133. The maximum atomic E-state index is 13.2. The Morgan fingerprint density at radius 3 is 2.31 bits per heavy atom. The molecule has 4 aromatic rings. The SMILES string of the molecule is Cc1ccc(NC(=O)c2cc3cc(Cl)ccc3n2NC(=O)C(=O)Nc2cccc(Cl)c2C)c(C)c1. The number of hydrogen-bond acceptors (Lipinski definition) is 3. The first-order valence-corrected chi connectivity index (χ1v) is 11.5. The summed E-state index contributed by atoms with van der Waals surface area (Å²) in [7, 11) is 0. The van der Waals surface area contributed by atoms with Crippen LogP contribution < -0.4 is 16.1 Å². The highest BCUT2D eigenvalue weighted by atomic mass is 35.5. The molecule has 0 bridgehead atoms. The Hall–Kier alpha value is -3.81. The van der Waals surface area contributed by atoms with Crippen molar-refractivity contribution in [3.63, 3.8) is 0 Å². The van der Waals surface area contributed by atoms with Gasteiger partial charge in [-0.25, -0.2) is 4.68 Å². The van der Waals surface area contributed by atoms with E-state index in [1.165, 1.54) is 4.68 Å². The molecule has 0 aliphatic heterocycles. The minimum absolute atomic E-state index is 0.127. The number of anilines is 2. The second-order valence-electron chi connectivity index (χ2n) is 8.15. The van der Waals surface area contributed by atoms with Crippen LogP contribution in [0.2, 0.25) is 10.0 Å². The predicted molar refractivity (Wildman–Crippen MR) is 140 cm³/mol. The third-order valence-corrected chi connectivity index (χ3v) is 6.21. The first-order valence-electron chi connectivity index (χ1n) is 10.7. The monoisotopic (exact) mass is 508 g/mol. The Labute approximate surface area is 212 Å². The molecule has 0 atom stereocenters. The Bertz CT molecular complexity index is 1490. The van der Waals surface area contributed by atoms with Crippen LogP contribution in [0.4, 0.5) is 11.4 Å². The van der Waals surface area contributed by atoms with Gasteiger partial charge in [0.05, 0.1) is 5.52 Å². The number of nitrogens with zero attached hydrogens (tertiary/aromatic N) is 1. The van der Waals surface area contributed by atoms with Crippen molar-refractivity contribution >= 4 is 63.2 Å². The third kappa shape index (κ3) is 5.16. The standard InChI is InChI=1S/C26H22Cl2N4O3/c1-14-7-9-20(15(2)11-14)29-24(33)23-13-17-12-18(27)8-10-22(17)32(23)31-26(35)25(34)30-21-6-4-5-19(28)16(21)3/h4-13H,1-3H3,(H,29,33)(H,30,34)(H,31,35). The summed E-state index contributed by atoms with van der Waals surface area (Å²) < 4.78 is 1.28. The quantitative estimate of drug-likeness (QED) is 0.302. The first kappa shape index (κ1) is 24.3. The summed E-state index contributed by atoms with van der Waals surface area (Å²) in [5.74, 6) is -2.33. The zero-order chi connectivity index (χ0) is 25.3. The molecule has 0 aliphatic rings. The Kier molecular flexibility index (Phi) is 6.82. The molecule has 3 aromatic carbocycles. The molecule has 35 heavy (non-hydrogen) atoms. The number of aromatic nitrogens is 1. The van der Waals surface area contributed by atoms with E-state index < -0.39 is 17.7 Å². The van der Waals surface area contributed by atoms with Crippen molar-refractivity contribution < 1.29 is 14.4 Å². The molecule has 0 spiro atoms. The molecule has 3 amide bonds. The van der Waals surface area contributed by atoms with Crippen LogP contribution in [-0.2, 0) is 9.59 Å². The fraction of sp³-hybridized carbons (Fsp3) is 0.115. The van der Waals surface area contributed by atoms with Gasteiger partial charge in [-0.15, -0.1) is 0 Å². The molecule has 1 aromatic heterocycles. The lowest BCUT2D eigenvalue weighted by Crippen LogP contribution is -2.36. The Morgan fingerprint density at radius 1 is 0.800 bits per heavy atom. The number of rotatable bonds is 4. The lowest BCUT2D eigenvalue weighted by atomic mass is 10.1. The van der Waals surface area contributed by atoms with Crippen LogP contribution in [0, 0.1) is 20.8 Å². The number of aryl methyl sites for hydroxylation is 2. The topological polar surface area (TPSA) is 92.2 Å². The van der Waals surface area contributed by atoms with Crippen LogP contribution in [0.1, 0.15) is 27.2 Å². The highest BCUT2D eigenvalue weighted by Gasteiger charge is 2.22. The summed E-state index contributed by atoms with van der Waals surface area (Å²) in [5.41, 5.74) is 6.79. The van der Waals surface area contributed by atoms with Crippen molar-refractivity contribution in [2.24, 2.45) is 0 Å². The molecule has 0 fully saturated rings. The lowest BCUT2D eigenvalue weighted by Gasteiger charge is -2.14. The number of amides is 3. The molecule has 7 nitrogen and oxygen atoms in total. The van der Waals surface area contributed by atoms with Gasteiger partial charge >= 0.3 is 11.8 Å². The Morgan fingerprint density at radius 2 is 1.57 bits per heavy atom. The van der Waals surface area contributed by atoms with E-state index in [1.807, 2.05) is 32.0 Å². The maximum Gasteiger partial charge on any atom is 0.328 e. The van der Waals surface area contributed by atoms with Crippen molar-refractivity contribution in [2.45, 2.75) is 20.8 Å². The van der Waals surface area contributed by atoms with Crippen molar-refractivity contribution in [2.75, 3.05) is 16.1 Å². The van der Waals surface area contributed by atoms with Crippen LogP contribution in [-0.4, -0.2) is 22.4 Å². The molecule has 178 valence electrons. The normalized spacial score (nSPS) is 10.8. The van der Waals surface area contributed by atoms with Crippen LogP contribution >= 0.6 is 23.2 Å². The summed E-state index contributed by atoms with van der Waals surface area (Å²) in [6.07, 6.45) is 0. The van der Waals surface area contributed by atoms with Crippen molar-refractivity contribution in [1.82, 2.24) is 4.68 Å². The van der Waals surface area contributed by atoms with E-state index >= 15 is 0 Å². The fourth-order valence-corrected chi connectivity index (χ4v) is 4.04. The average molecular weight is 509 g/mol. The molecule has 3 N–H and O–H groups in total. The second-order valence-corrected chi connectivity index (χ2v) is 8.99. The molecule has 0 unspecified atom stereocenters. The first-order chi connectivity index (χ1) is 16.6. The van der Waals surface area contributed by atoms with Crippen LogP contribution in [0.3, 0.4) is 0 Å². The fourth-order valence-electron chi connectivity index (χ4n) is 3.69. The molecular weight excluding hydrogens is 487 g/mol. The number of halogens is 2. The van der Waals surface area contributed by atoms with E-state index in [1.54, 1.807) is 49.4 Å². The summed E-state index contributed by atoms with van der Waals surface area (Å²) in [6, 6.07) is 17.2. The number of carbonyl (C=O) groups is 3. The highest BCUT2D eigenvalue weighted by Crippen LogP contribution is 2.25. The molecule has 0 radical (unpaired) electrons. The zero-order valence-electron chi connectivity index (χ0n) is 19.2. The smallest absolute Gasteiger partial charge is 0.320 e. The van der Waals surface area contributed by atoms with Gasteiger partial charge in [0.2, 0.25) is 0 Å². The maximum absolute atomic E-state index is 13.2. The van der Waals surface area contributed by atoms with E-state index in [-0.39, 0.29) is 5.69 Å². The number of hydrogen-bond donors (Lipinski definition) is 3. The number of carbonyl (C=O) groups excluding carboxylic acids is 3. The summed E-state index contributed by atoms with van der Waals surface area (Å²) in [6.45, 7) is 5.59. The molecule has 9 heteroatoms. The predicted octanol–water partition coefficient (Wildman–Crippen LogP) is 5.83.